The molecule has 0 bridgehead atoms. The zero-order chi connectivity index (χ0) is 18.7. The number of benzene rings is 2. The molecule has 0 atom stereocenters. The summed E-state index contributed by atoms with van der Waals surface area (Å²) in [6.07, 6.45) is 2.58. The number of nitrogens with zero attached hydrogens (tertiary/aromatic N) is 3. The molecule has 0 radical (unpaired) electrons. The molecule has 2 aromatic carbocycles. The van der Waals surface area contributed by atoms with Crippen LogP contribution in [0.3, 0.4) is 0 Å². The first-order valence-corrected chi connectivity index (χ1v) is 8.10. The van der Waals surface area contributed by atoms with E-state index in [9.17, 15) is 9.18 Å². The van der Waals surface area contributed by atoms with Crippen molar-refractivity contribution in [1.82, 2.24) is 5.01 Å². The van der Waals surface area contributed by atoms with Crippen LogP contribution in [0.25, 0.3) is 5.57 Å². The zero-order valence-corrected chi connectivity index (χ0v) is 14.6. The van der Waals surface area contributed by atoms with Crippen molar-refractivity contribution < 1.29 is 9.18 Å². The van der Waals surface area contributed by atoms with Crippen molar-refractivity contribution in [3.8, 4) is 0 Å². The Hall–Kier alpha value is -3.34. The van der Waals surface area contributed by atoms with Gasteiger partial charge in [0.15, 0.2) is 0 Å². The smallest absolute Gasteiger partial charge is 0.150 e. The highest BCUT2D eigenvalue weighted by atomic mass is 19.1. The van der Waals surface area contributed by atoms with E-state index in [4.69, 9.17) is 0 Å². The molecule has 0 fully saturated rings. The van der Waals surface area contributed by atoms with Crippen LogP contribution in [0.4, 0.5) is 4.39 Å². The number of carbonyl (C=O) groups excluding carboxylic acids is 1. The summed E-state index contributed by atoms with van der Waals surface area (Å²) in [5.41, 5.74) is 4.29. The van der Waals surface area contributed by atoms with E-state index in [2.05, 4.69) is 16.7 Å². The Labute approximate surface area is 151 Å². The Morgan fingerprint density at radius 2 is 1.88 bits per heavy atom. The second kappa shape index (κ2) is 7.27. The van der Waals surface area contributed by atoms with Gasteiger partial charge in [0.2, 0.25) is 0 Å². The van der Waals surface area contributed by atoms with Gasteiger partial charge in [-0.2, -0.15) is 5.10 Å². The summed E-state index contributed by atoms with van der Waals surface area (Å²) in [5, 5.41) is 5.98. The van der Waals surface area contributed by atoms with Crippen molar-refractivity contribution >= 4 is 23.3 Å². The number of rotatable bonds is 4. The van der Waals surface area contributed by atoms with Gasteiger partial charge in [-0.3, -0.25) is 4.79 Å². The minimum atomic E-state index is -0.329. The molecule has 0 N–H and O–H groups in total. The lowest BCUT2D eigenvalue weighted by molar-refractivity contribution is 0.112. The van der Waals surface area contributed by atoms with Gasteiger partial charge in [-0.05, 0) is 31.5 Å². The lowest BCUT2D eigenvalue weighted by Crippen LogP contribution is -2.19. The zero-order valence-electron chi connectivity index (χ0n) is 14.6. The van der Waals surface area contributed by atoms with Crippen molar-refractivity contribution in [2.24, 2.45) is 10.1 Å². The van der Waals surface area contributed by atoms with Crippen LogP contribution >= 0.6 is 0 Å². The van der Waals surface area contributed by atoms with E-state index in [1.54, 1.807) is 29.4 Å². The molecule has 2 aromatic rings. The van der Waals surface area contributed by atoms with Crippen LogP contribution in [0.15, 0.2) is 77.2 Å². The van der Waals surface area contributed by atoms with Crippen LogP contribution in [0.2, 0.25) is 0 Å². The summed E-state index contributed by atoms with van der Waals surface area (Å²) in [6, 6.07) is 13.4. The number of hydrogen-bond donors (Lipinski definition) is 0. The van der Waals surface area contributed by atoms with E-state index in [0.717, 1.165) is 23.1 Å². The summed E-state index contributed by atoms with van der Waals surface area (Å²) in [4.78, 5) is 15.5. The molecule has 0 aliphatic carbocycles. The Morgan fingerprint density at radius 3 is 2.50 bits per heavy atom. The van der Waals surface area contributed by atoms with Gasteiger partial charge in [-0.25, -0.2) is 14.4 Å². The minimum absolute atomic E-state index is 0.329. The maximum absolute atomic E-state index is 13.8. The molecule has 0 spiro atoms. The van der Waals surface area contributed by atoms with Gasteiger partial charge in [-0.15, -0.1) is 0 Å². The Kier molecular flexibility index (Phi) is 4.89. The normalized spacial score (nSPS) is 13.8. The third-order valence-corrected chi connectivity index (χ3v) is 3.78. The summed E-state index contributed by atoms with van der Waals surface area (Å²) in [5.74, 6) is 0.131. The molecule has 0 saturated carbocycles. The third-order valence-electron chi connectivity index (χ3n) is 3.78. The predicted octanol–water partition coefficient (Wildman–Crippen LogP) is 4.65. The maximum Gasteiger partial charge on any atom is 0.150 e. The number of allylic oxidation sites excluding steroid dienone is 1. The average molecular weight is 347 g/mol. The summed E-state index contributed by atoms with van der Waals surface area (Å²) < 4.78 is 13.8. The van der Waals surface area contributed by atoms with Gasteiger partial charge >= 0.3 is 0 Å². The second-order valence-corrected chi connectivity index (χ2v) is 6.06. The first-order chi connectivity index (χ1) is 12.5. The largest absolute Gasteiger partial charge is 0.298 e. The number of aliphatic imine (C=N–C) groups is 1. The number of halogens is 1. The highest BCUT2D eigenvalue weighted by Gasteiger charge is 2.21. The average Bonchev–Trinajstić information content (AvgIpc) is 2.63. The van der Waals surface area contributed by atoms with Crippen LogP contribution in [0.5, 0.6) is 0 Å². The van der Waals surface area contributed by atoms with E-state index in [-0.39, 0.29) is 5.82 Å². The van der Waals surface area contributed by atoms with Crippen molar-refractivity contribution in [3.05, 3.63) is 89.6 Å². The molecular weight excluding hydrogens is 329 g/mol. The Morgan fingerprint density at radius 1 is 1.15 bits per heavy atom. The molecule has 1 heterocycles. The van der Waals surface area contributed by atoms with Crippen molar-refractivity contribution in [3.63, 3.8) is 0 Å². The molecule has 1 aliphatic heterocycles. The van der Waals surface area contributed by atoms with Crippen molar-refractivity contribution in [1.29, 1.82) is 0 Å². The summed E-state index contributed by atoms with van der Waals surface area (Å²) in [7, 11) is 0. The number of aldehydes is 1. The fourth-order valence-corrected chi connectivity index (χ4v) is 2.61. The first kappa shape index (κ1) is 17.5. The lowest BCUT2D eigenvalue weighted by Gasteiger charge is -2.24. The van der Waals surface area contributed by atoms with E-state index < -0.39 is 0 Å². The predicted molar refractivity (Wildman–Crippen MR) is 103 cm³/mol. The Balaban J connectivity index is 2.13. The molecule has 0 amide bonds. The van der Waals surface area contributed by atoms with Crippen LogP contribution in [0.1, 0.15) is 35.3 Å². The highest BCUT2D eigenvalue weighted by Crippen LogP contribution is 2.28. The fourth-order valence-electron chi connectivity index (χ4n) is 2.61. The minimum Gasteiger partial charge on any atom is -0.298 e. The van der Waals surface area contributed by atoms with Crippen LogP contribution in [0, 0.1) is 5.82 Å². The van der Waals surface area contributed by atoms with Crippen LogP contribution < -0.4 is 0 Å². The van der Waals surface area contributed by atoms with Gasteiger partial charge < -0.3 is 0 Å². The Bertz CT molecular complexity index is 951. The van der Waals surface area contributed by atoms with E-state index in [1.807, 2.05) is 32.0 Å². The molecule has 130 valence electrons. The maximum atomic E-state index is 13.8. The second-order valence-electron chi connectivity index (χ2n) is 6.06. The van der Waals surface area contributed by atoms with Crippen molar-refractivity contribution in [2.75, 3.05) is 0 Å². The van der Waals surface area contributed by atoms with Crippen molar-refractivity contribution in [2.45, 2.75) is 13.8 Å². The number of carbonyl (C=O) groups is 1. The lowest BCUT2D eigenvalue weighted by atomic mass is 9.95. The number of hydrogen-bond acceptors (Lipinski definition) is 4. The van der Waals surface area contributed by atoms with E-state index in [0.29, 0.717) is 22.7 Å². The van der Waals surface area contributed by atoms with Gasteiger partial charge in [0.05, 0.1) is 5.71 Å². The molecule has 3 rings (SSSR count). The van der Waals surface area contributed by atoms with E-state index in [1.165, 1.54) is 12.1 Å². The highest BCUT2D eigenvalue weighted by molar-refractivity contribution is 6.32. The molecule has 26 heavy (non-hydrogen) atoms. The van der Waals surface area contributed by atoms with Crippen LogP contribution in [-0.4, -0.2) is 22.7 Å². The molecule has 1 aliphatic rings. The fraction of sp³-hybridized carbons (Fsp3) is 0.0952. The third kappa shape index (κ3) is 3.67. The van der Waals surface area contributed by atoms with Gasteiger partial charge in [0.25, 0.3) is 0 Å². The summed E-state index contributed by atoms with van der Waals surface area (Å²) in [6.45, 7) is 7.71. The quantitative estimate of drug-likeness (QED) is 0.597. The molecule has 4 nitrogen and oxygen atoms in total. The first-order valence-electron chi connectivity index (χ1n) is 8.10. The number of hydrazone groups is 1. The summed E-state index contributed by atoms with van der Waals surface area (Å²) >= 11 is 0. The van der Waals surface area contributed by atoms with Crippen LogP contribution in [-0.2, 0) is 0 Å². The van der Waals surface area contributed by atoms with Gasteiger partial charge in [0.1, 0.15) is 17.9 Å². The topological polar surface area (TPSA) is 45.0 Å². The molecule has 0 unspecified atom stereocenters. The molecule has 0 aromatic heterocycles. The van der Waals surface area contributed by atoms with Gasteiger partial charge in [-0.1, -0.05) is 43.0 Å². The molecular formula is C21H18FN3O. The molecule has 0 saturated heterocycles. The monoisotopic (exact) mass is 347 g/mol. The molecule has 5 heteroatoms. The van der Waals surface area contributed by atoms with E-state index >= 15 is 0 Å². The SMILES string of the molecule is C=C1N=C(c2ccc(C=O)cc2)C(c2cccc(F)c2)=CN1N=C(C)C. The standard InChI is InChI=1S/C21H18FN3O/c1-14(2)24-25-12-20(18-5-4-6-19(22)11-18)21(23-15(25)3)17-9-7-16(13-26)8-10-17/h4-13H,3H2,1-2H3. The van der Waals surface area contributed by atoms with Gasteiger partial charge in [0, 0.05) is 28.6 Å².